The molecule has 1 atom stereocenters. The fraction of sp³-hybridized carbons (Fsp3) is 0.727. The summed E-state index contributed by atoms with van der Waals surface area (Å²) >= 11 is 0. The molecule has 1 N–H and O–H groups in total. The summed E-state index contributed by atoms with van der Waals surface area (Å²) in [5.74, 6) is 0. The molecule has 0 aromatic carbocycles. The Kier molecular flexibility index (Phi) is 3.75. The van der Waals surface area contributed by atoms with Crippen LogP contribution in [0.25, 0.3) is 0 Å². The van der Waals surface area contributed by atoms with E-state index in [2.05, 4.69) is 23.5 Å². The highest BCUT2D eigenvalue weighted by molar-refractivity contribution is 5.01. The lowest BCUT2D eigenvalue weighted by Gasteiger charge is -2.22. The Morgan fingerprint density at radius 3 is 3.27 bits per heavy atom. The number of aromatic nitrogens is 2. The lowest BCUT2D eigenvalue weighted by molar-refractivity contribution is 0.0252. The molecule has 1 aromatic heterocycles. The van der Waals surface area contributed by atoms with Gasteiger partial charge in [0.2, 0.25) is 0 Å². The first-order valence-electron chi connectivity index (χ1n) is 5.72. The minimum absolute atomic E-state index is 0.378. The molecule has 0 spiro atoms. The van der Waals surface area contributed by atoms with Crippen molar-refractivity contribution in [2.24, 2.45) is 0 Å². The fourth-order valence-electron chi connectivity index (χ4n) is 1.83. The summed E-state index contributed by atoms with van der Waals surface area (Å²) in [5.41, 5.74) is 1.17. The molecule has 15 heavy (non-hydrogen) atoms. The number of aryl methyl sites for hydroxylation is 1. The molecular formula is C11H19N3O. The van der Waals surface area contributed by atoms with Crippen LogP contribution in [0.4, 0.5) is 0 Å². The number of piperidine rings is 1. The Balaban J connectivity index is 1.76. The van der Waals surface area contributed by atoms with Crippen LogP contribution >= 0.6 is 0 Å². The average molecular weight is 209 g/mol. The van der Waals surface area contributed by atoms with Gasteiger partial charge in [0.05, 0.1) is 18.9 Å². The average Bonchev–Trinajstić information content (AvgIpc) is 2.76. The molecule has 0 amide bonds. The molecule has 0 unspecified atom stereocenters. The van der Waals surface area contributed by atoms with Crippen molar-refractivity contribution in [1.29, 1.82) is 0 Å². The molecule has 1 saturated heterocycles. The molecule has 84 valence electrons. The largest absolute Gasteiger partial charge is 0.372 e. The summed E-state index contributed by atoms with van der Waals surface area (Å²) in [6, 6.07) is 0. The minimum Gasteiger partial charge on any atom is -0.372 e. The maximum Gasteiger partial charge on any atom is 0.0751 e. The summed E-state index contributed by atoms with van der Waals surface area (Å²) < 4.78 is 7.74. The minimum atomic E-state index is 0.378. The lowest BCUT2D eigenvalue weighted by atomic mass is 10.1. The van der Waals surface area contributed by atoms with E-state index in [0.29, 0.717) is 12.7 Å². The van der Waals surface area contributed by atoms with Crippen molar-refractivity contribution in [1.82, 2.24) is 15.1 Å². The van der Waals surface area contributed by atoms with E-state index in [4.69, 9.17) is 4.74 Å². The second-order valence-corrected chi connectivity index (χ2v) is 3.98. The van der Waals surface area contributed by atoms with Crippen molar-refractivity contribution in [3.63, 3.8) is 0 Å². The first kappa shape index (κ1) is 10.6. The topological polar surface area (TPSA) is 39.1 Å². The first-order valence-corrected chi connectivity index (χ1v) is 5.72. The third-order valence-corrected chi connectivity index (χ3v) is 2.75. The molecule has 1 fully saturated rings. The summed E-state index contributed by atoms with van der Waals surface area (Å²) in [7, 11) is 0. The van der Waals surface area contributed by atoms with Gasteiger partial charge in [-0.05, 0) is 26.3 Å². The van der Waals surface area contributed by atoms with Crippen molar-refractivity contribution in [2.45, 2.75) is 39.0 Å². The normalized spacial score (nSPS) is 21.8. The van der Waals surface area contributed by atoms with Gasteiger partial charge in [-0.15, -0.1) is 0 Å². The first-order chi connectivity index (χ1) is 7.38. The van der Waals surface area contributed by atoms with Crippen molar-refractivity contribution < 1.29 is 4.74 Å². The predicted octanol–water partition coefficient (Wildman–Crippen LogP) is 1.17. The molecule has 0 aliphatic carbocycles. The molecule has 4 heteroatoms. The molecule has 0 radical (unpaired) electrons. The molecule has 0 saturated carbocycles. The maximum atomic E-state index is 5.81. The second-order valence-electron chi connectivity index (χ2n) is 3.98. The fourth-order valence-corrected chi connectivity index (χ4v) is 1.83. The molecule has 1 aliphatic heterocycles. The van der Waals surface area contributed by atoms with Gasteiger partial charge in [-0.3, -0.25) is 4.68 Å². The van der Waals surface area contributed by atoms with E-state index in [1.165, 1.54) is 18.4 Å². The van der Waals surface area contributed by atoms with Crippen LogP contribution in [0.2, 0.25) is 0 Å². The Morgan fingerprint density at radius 1 is 1.67 bits per heavy atom. The quantitative estimate of drug-likeness (QED) is 0.809. The Bertz CT molecular complexity index is 292. The van der Waals surface area contributed by atoms with Gasteiger partial charge in [0.1, 0.15) is 0 Å². The zero-order valence-corrected chi connectivity index (χ0v) is 9.28. The summed E-state index contributed by atoms with van der Waals surface area (Å²) in [6.45, 7) is 5.82. The van der Waals surface area contributed by atoms with Crippen LogP contribution in [0.5, 0.6) is 0 Å². The van der Waals surface area contributed by atoms with Crippen molar-refractivity contribution in [3.05, 3.63) is 18.0 Å². The molecule has 2 rings (SSSR count). The van der Waals surface area contributed by atoms with E-state index in [1.54, 1.807) is 0 Å². The molecule has 1 aromatic rings. The Hall–Kier alpha value is -0.870. The van der Waals surface area contributed by atoms with E-state index >= 15 is 0 Å². The highest BCUT2D eigenvalue weighted by Crippen LogP contribution is 2.09. The van der Waals surface area contributed by atoms with Crippen molar-refractivity contribution in [2.75, 3.05) is 13.1 Å². The van der Waals surface area contributed by atoms with E-state index in [1.807, 2.05) is 10.9 Å². The molecule has 0 bridgehead atoms. The van der Waals surface area contributed by atoms with Gasteiger partial charge in [0, 0.05) is 24.8 Å². The van der Waals surface area contributed by atoms with Crippen LogP contribution in [-0.4, -0.2) is 29.0 Å². The van der Waals surface area contributed by atoms with Crippen LogP contribution in [0.1, 0.15) is 25.3 Å². The summed E-state index contributed by atoms with van der Waals surface area (Å²) in [4.78, 5) is 0. The molecular weight excluding hydrogens is 190 g/mol. The van der Waals surface area contributed by atoms with Gasteiger partial charge in [-0.25, -0.2) is 0 Å². The van der Waals surface area contributed by atoms with Gasteiger partial charge >= 0.3 is 0 Å². The third kappa shape index (κ3) is 3.04. The number of rotatable bonds is 4. The Labute approximate surface area is 90.6 Å². The number of ether oxygens (including phenoxy) is 1. The molecule has 2 heterocycles. The third-order valence-electron chi connectivity index (χ3n) is 2.75. The van der Waals surface area contributed by atoms with Crippen molar-refractivity contribution in [3.8, 4) is 0 Å². The number of nitrogens with one attached hydrogen (secondary N) is 1. The van der Waals surface area contributed by atoms with Crippen LogP contribution < -0.4 is 5.32 Å². The zero-order chi connectivity index (χ0) is 10.5. The highest BCUT2D eigenvalue weighted by atomic mass is 16.5. The van der Waals surface area contributed by atoms with E-state index in [9.17, 15) is 0 Å². The SMILES string of the molecule is CCn1cc(CO[C@H]2CCCNC2)cn1. The number of hydrogen-bond acceptors (Lipinski definition) is 3. The second kappa shape index (κ2) is 5.28. The Morgan fingerprint density at radius 2 is 2.60 bits per heavy atom. The zero-order valence-electron chi connectivity index (χ0n) is 9.28. The van der Waals surface area contributed by atoms with Gasteiger partial charge in [-0.1, -0.05) is 0 Å². The highest BCUT2D eigenvalue weighted by Gasteiger charge is 2.13. The van der Waals surface area contributed by atoms with E-state index in [0.717, 1.165) is 19.6 Å². The van der Waals surface area contributed by atoms with Gasteiger partial charge in [0.25, 0.3) is 0 Å². The van der Waals surface area contributed by atoms with Gasteiger partial charge in [0.15, 0.2) is 0 Å². The standard InChI is InChI=1S/C11H19N3O/c1-2-14-8-10(6-13-14)9-15-11-4-3-5-12-7-11/h6,8,11-12H,2-5,7,9H2,1H3/t11-/m0/s1. The molecule has 1 aliphatic rings. The van der Waals surface area contributed by atoms with Crippen LogP contribution in [0.3, 0.4) is 0 Å². The van der Waals surface area contributed by atoms with Gasteiger partial charge in [-0.2, -0.15) is 5.10 Å². The van der Waals surface area contributed by atoms with E-state index < -0.39 is 0 Å². The van der Waals surface area contributed by atoms with Gasteiger partial charge < -0.3 is 10.1 Å². The summed E-state index contributed by atoms with van der Waals surface area (Å²) in [5, 5.41) is 7.56. The number of hydrogen-bond donors (Lipinski definition) is 1. The number of nitrogens with zero attached hydrogens (tertiary/aromatic N) is 2. The van der Waals surface area contributed by atoms with Crippen LogP contribution in [0, 0.1) is 0 Å². The molecule has 4 nitrogen and oxygen atoms in total. The summed E-state index contributed by atoms with van der Waals surface area (Å²) in [6.07, 6.45) is 6.72. The van der Waals surface area contributed by atoms with Crippen LogP contribution in [0.15, 0.2) is 12.4 Å². The lowest BCUT2D eigenvalue weighted by Crippen LogP contribution is -2.35. The van der Waals surface area contributed by atoms with Crippen LogP contribution in [-0.2, 0) is 17.9 Å². The monoisotopic (exact) mass is 209 g/mol. The predicted molar refractivity (Wildman–Crippen MR) is 58.6 cm³/mol. The van der Waals surface area contributed by atoms with E-state index in [-0.39, 0.29) is 0 Å². The van der Waals surface area contributed by atoms with Crippen molar-refractivity contribution >= 4 is 0 Å². The smallest absolute Gasteiger partial charge is 0.0751 e. The maximum absolute atomic E-state index is 5.81.